The normalized spacial score (nSPS) is 19.7. The Bertz CT molecular complexity index is 1750. The minimum atomic E-state index is -1.57. The minimum absolute atomic E-state index is 0.00732. The van der Waals surface area contributed by atoms with Crippen LogP contribution in [0.2, 0.25) is 0 Å². The van der Waals surface area contributed by atoms with Crippen molar-refractivity contribution in [3.8, 4) is 0 Å². The number of amides is 2. The van der Waals surface area contributed by atoms with Crippen LogP contribution < -0.4 is 0 Å². The van der Waals surface area contributed by atoms with E-state index in [0.717, 1.165) is 34.1 Å². The van der Waals surface area contributed by atoms with Gasteiger partial charge in [0.2, 0.25) is 0 Å². The van der Waals surface area contributed by atoms with Gasteiger partial charge in [-0.05, 0) is 24.3 Å². The molecule has 0 saturated carbocycles. The van der Waals surface area contributed by atoms with E-state index in [4.69, 9.17) is 0 Å². The number of aliphatic hydroxyl groups is 2. The Hall–Kier alpha value is -4.02. The molecule has 0 aromatic heterocycles. The summed E-state index contributed by atoms with van der Waals surface area (Å²) in [7, 11) is 2.53. The van der Waals surface area contributed by atoms with Crippen molar-refractivity contribution < 1.29 is 37.4 Å². The second kappa shape index (κ2) is 6.40. The van der Waals surface area contributed by atoms with Gasteiger partial charge in [-0.2, -0.15) is 0 Å². The van der Waals surface area contributed by atoms with E-state index in [0.29, 0.717) is 0 Å². The zero-order valence-electron chi connectivity index (χ0n) is 18.6. The predicted octanol–water partition coefficient (Wildman–Crippen LogP) is 4.45. The first-order chi connectivity index (χ1) is 17.0. The average molecular weight is 494 g/mol. The summed E-state index contributed by atoms with van der Waals surface area (Å²) < 4.78 is 63.0. The van der Waals surface area contributed by atoms with Gasteiger partial charge >= 0.3 is 0 Å². The lowest BCUT2D eigenvalue weighted by Crippen LogP contribution is -2.35. The monoisotopic (exact) mass is 494 g/mol. The molecule has 180 valence electrons. The molecule has 36 heavy (non-hydrogen) atoms. The Morgan fingerprint density at radius 2 is 0.861 bits per heavy atom. The highest BCUT2D eigenvalue weighted by molar-refractivity contribution is 6.37. The van der Waals surface area contributed by atoms with Gasteiger partial charge in [-0.25, -0.2) is 17.6 Å². The Morgan fingerprint density at radius 3 is 1.19 bits per heavy atom. The number of benzene rings is 5. The second-order valence-electron chi connectivity index (χ2n) is 9.29. The van der Waals surface area contributed by atoms with Crippen LogP contribution in [0.4, 0.5) is 17.6 Å². The number of hydrogen-bond acceptors (Lipinski definition) is 4. The van der Waals surface area contributed by atoms with E-state index in [9.17, 15) is 19.8 Å². The average Bonchev–Trinajstić information content (AvgIpc) is 2.84. The Labute approximate surface area is 198 Å². The van der Waals surface area contributed by atoms with Gasteiger partial charge in [0.05, 0.1) is 11.1 Å². The number of carbonyl (C=O) groups is 2. The summed E-state index contributed by atoms with van der Waals surface area (Å²) in [4.78, 5) is 27.6. The molecular weight excluding hydrogens is 480 g/mol. The zero-order valence-corrected chi connectivity index (χ0v) is 18.6. The van der Waals surface area contributed by atoms with Crippen LogP contribution in [0.1, 0.15) is 44.3 Å². The topological polar surface area (TPSA) is 81.1 Å². The summed E-state index contributed by atoms with van der Waals surface area (Å²) in [6, 6.07) is 3.66. The second-order valence-corrected chi connectivity index (χ2v) is 9.29. The summed E-state index contributed by atoms with van der Waals surface area (Å²) in [5.41, 5.74) is -0.465. The molecule has 0 bridgehead atoms. The molecule has 0 radical (unpaired) electrons. The molecular formula is C26H14F4N2O4. The Morgan fingerprint density at radius 1 is 0.556 bits per heavy atom. The number of hydrogen-bond donors (Lipinski definition) is 2. The number of aliphatic hydroxyl groups excluding tert-OH is 2. The first-order valence-corrected chi connectivity index (χ1v) is 10.9. The van der Waals surface area contributed by atoms with Crippen molar-refractivity contribution >= 4 is 54.9 Å². The van der Waals surface area contributed by atoms with Gasteiger partial charge in [0.25, 0.3) is 11.8 Å². The Balaban J connectivity index is 1.87. The van der Waals surface area contributed by atoms with Crippen molar-refractivity contribution in [3.05, 3.63) is 69.8 Å². The van der Waals surface area contributed by atoms with E-state index in [-0.39, 0.29) is 43.8 Å². The van der Waals surface area contributed by atoms with E-state index in [2.05, 4.69) is 0 Å². The van der Waals surface area contributed by atoms with Crippen molar-refractivity contribution in [2.45, 2.75) is 12.5 Å². The van der Waals surface area contributed by atoms with Crippen LogP contribution in [0.25, 0.3) is 43.1 Å². The highest BCUT2D eigenvalue weighted by Gasteiger charge is 2.38. The molecule has 0 saturated heterocycles. The fraction of sp³-hybridized carbons (Fsp3) is 0.154. The quantitative estimate of drug-likeness (QED) is 0.189. The third kappa shape index (κ3) is 2.16. The van der Waals surface area contributed by atoms with E-state index in [1.54, 1.807) is 0 Å². The number of halogens is 4. The summed E-state index contributed by atoms with van der Waals surface area (Å²) in [6.07, 6.45) is -3.14. The molecule has 2 heterocycles. The van der Waals surface area contributed by atoms with Gasteiger partial charge in [0.1, 0.15) is 23.3 Å². The largest absolute Gasteiger partial charge is 0.369 e. The van der Waals surface area contributed by atoms with Gasteiger partial charge in [-0.15, -0.1) is 0 Å². The van der Waals surface area contributed by atoms with Crippen LogP contribution in [0.3, 0.4) is 0 Å². The van der Waals surface area contributed by atoms with Crippen LogP contribution in [0.15, 0.2) is 24.3 Å². The standard InChI is InChI=1S/C26H14F4N2O4/c1-31-23(33)7-3-11(27)17-19-13(29)5-9-16-10(26(36)32(2)25(9)35)6-14(30)20(22(16)19)18-12(28)4-8(24(31)34)15(7)21(17)18/h3-6,23,26,33,36H,1-2H3. The summed E-state index contributed by atoms with van der Waals surface area (Å²) >= 11 is 0. The lowest BCUT2D eigenvalue weighted by atomic mass is 9.81. The predicted molar refractivity (Wildman–Crippen MR) is 122 cm³/mol. The summed E-state index contributed by atoms with van der Waals surface area (Å²) in [5, 5.41) is 19.2. The molecule has 2 aliphatic rings. The molecule has 2 unspecified atom stereocenters. The van der Waals surface area contributed by atoms with Crippen LogP contribution in [-0.2, 0) is 0 Å². The van der Waals surface area contributed by atoms with E-state index >= 15 is 17.6 Å². The van der Waals surface area contributed by atoms with Crippen LogP contribution in [0, 0.1) is 23.3 Å². The fourth-order valence-corrected chi connectivity index (χ4v) is 5.94. The van der Waals surface area contributed by atoms with Crippen molar-refractivity contribution in [3.63, 3.8) is 0 Å². The summed E-state index contributed by atoms with van der Waals surface area (Å²) in [5.74, 6) is -5.65. The number of nitrogens with zero attached hydrogens (tertiary/aromatic N) is 2. The molecule has 5 aromatic rings. The van der Waals surface area contributed by atoms with E-state index < -0.39 is 69.1 Å². The number of rotatable bonds is 0. The molecule has 0 spiro atoms. The molecule has 2 aliphatic heterocycles. The number of carbonyl (C=O) groups excluding carboxylic acids is 2. The van der Waals surface area contributed by atoms with Crippen LogP contribution in [0.5, 0.6) is 0 Å². The first-order valence-electron chi connectivity index (χ1n) is 10.9. The molecule has 2 amide bonds. The maximum atomic E-state index is 15.8. The maximum absolute atomic E-state index is 15.8. The lowest BCUT2D eigenvalue weighted by Gasteiger charge is -2.33. The SMILES string of the molecule is CN1C(=O)c2cc(F)c3c4c(F)cc5c6c(cc(F)c(c7c(F)cc(c2c37)C1O)c64)C(=O)N(C)C5O. The molecule has 6 nitrogen and oxygen atoms in total. The van der Waals surface area contributed by atoms with Crippen molar-refractivity contribution in [1.29, 1.82) is 0 Å². The summed E-state index contributed by atoms with van der Waals surface area (Å²) in [6.45, 7) is 0. The van der Waals surface area contributed by atoms with E-state index in [1.165, 1.54) is 14.1 Å². The molecule has 2 N–H and O–H groups in total. The lowest BCUT2D eigenvalue weighted by molar-refractivity contribution is 0.0164. The molecule has 10 heteroatoms. The van der Waals surface area contributed by atoms with Gasteiger partial charge in [-0.1, -0.05) is 0 Å². The van der Waals surface area contributed by atoms with Crippen molar-refractivity contribution in [2.75, 3.05) is 14.1 Å². The van der Waals surface area contributed by atoms with Crippen LogP contribution >= 0.6 is 0 Å². The Kier molecular flexibility index (Phi) is 3.78. The van der Waals surface area contributed by atoms with Crippen LogP contribution in [-0.4, -0.2) is 45.9 Å². The van der Waals surface area contributed by atoms with Gasteiger partial charge in [-0.3, -0.25) is 9.59 Å². The first kappa shape index (κ1) is 21.3. The highest BCUT2D eigenvalue weighted by atomic mass is 19.1. The van der Waals surface area contributed by atoms with Gasteiger partial charge in [0, 0.05) is 68.3 Å². The molecule has 0 fully saturated rings. The molecule has 0 aliphatic carbocycles. The third-order valence-electron chi connectivity index (χ3n) is 7.57. The molecule has 7 rings (SSSR count). The zero-order chi connectivity index (χ0) is 25.5. The van der Waals surface area contributed by atoms with Gasteiger partial charge in [0.15, 0.2) is 12.5 Å². The fourth-order valence-electron chi connectivity index (χ4n) is 5.94. The smallest absolute Gasteiger partial charge is 0.256 e. The highest BCUT2D eigenvalue weighted by Crippen LogP contribution is 2.51. The van der Waals surface area contributed by atoms with Gasteiger partial charge < -0.3 is 20.0 Å². The number of fused-ring (bicyclic) bond motifs is 2. The molecule has 2 atom stereocenters. The molecule has 5 aromatic carbocycles. The minimum Gasteiger partial charge on any atom is -0.369 e. The van der Waals surface area contributed by atoms with Crippen molar-refractivity contribution in [1.82, 2.24) is 9.80 Å². The van der Waals surface area contributed by atoms with E-state index in [1.807, 2.05) is 0 Å². The van der Waals surface area contributed by atoms with Crippen molar-refractivity contribution in [2.24, 2.45) is 0 Å². The third-order valence-corrected chi connectivity index (χ3v) is 7.57. The maximum Gasteiger partial charge on any atom is 0.256 e.